The summed E-state index contributed by atoms with van der Waals surface area (Å²) in [5.41, 5.74) is 5.35. The molecule has 1 aliphatic heterocycles. The van der Waals surface area contributed by atoms with Gasteiger partial charge in [-0.25, -0.2) is 4.57 Å². The van der Waals surface area contributed by atoms with E-state index in [2.05, 4.69) is 50.3 Å². The van der Waals surface area contributed by atoms with Crippen molar-refractivity contribution in [1.82, 2.24) is 0 Å². The SMILES string of the molecule is CCCCC/C=C\CC1OC1C/C=C\C/C=C\CCCC(=O)OC[C@H](COP(=O)(O)OCCN)OC(=O)CCCCCCCCCCCCCCCCCCCCC. The molecular weight excluding hydrogens is 753 g/mol. The number of phosphoric ester groups is 1. The second-order valence-electron chi connectivity index (χ2n) is 16.0. The van der Waals surface area contributed by atoms with Crippen LogP contribution in [0.15, 0.2) is 36.5 Å². The first-order valence-electron chi connectivity index (χ1n) is 23.6. The van der Waals surface area contributed by atoms with Crippen LogP contribution in [0.1, 0.15) is 206 Å². The van der Waals surface area contributed by atoms with E-state index in [1.807, 2.05) is 0 Å². The Balaban J connectivity index is 2.17. The van der Waals surface area contributed by atoms with E-state index < -0.39 is 32.5 Å². The van der Waals surface area contributed by atoms with Crippen molar-refractivity contribution in [1.29, 1.82) is 0 Å². The molecule has 0 spiro atoms. The van der Waals surface area contributed by atoms with Gasteiger partial charge in [0, 0.05) is 19.4 Å². The van der Waals surface area contributed by atoms with E-state index in [1.165, 1.54) is 116 Å². The molecule has 0 aliphatic carbocycles. The number of allylic oxidation sites excluding steroid dienone is 4. The summed E-state index contributed by atoms with van der Waals surface area (Å²) in [6, 6.07) is 0. The minimum atomic E-state index is -4.39. The smallest absolute Gasteiger partial charge is 0.462 e. The lowest BCUT2D eigenvalue weighted by atomic mass is 10.0. The molecule has 3 N–H and O–H groups in total. The zero-order chi connectivity index (χ0) is 42.2. The van der Waals surface area contributed by atoms with Crippen LogP contribution in [0.4, 0.5) is 0 Å². The van der Waals surface area contributed by atoms with Gasteiger partial charge in [-0.15, -0.1) is 0 Å². The van der Waals surface area contributed by atoms with Gasteiger partial charge in [-0.05, 0) is 51.4 Å². The summed E-state index contributed by atoms with van der Waals surface area (Å²) in [4.78, 5) is 35.0. The van der Waals surface area contributed by atoms with E-state index in [-0.39, 0.29) is 32.6 Å². The minimum Gasteiger partial charge on any atom is -0.462 e. The molecule has 0 aromatic carbocycles. The first kappa shape index (κ1) is 54.2. The number of carbonyl (C=O) groups excluding carboxylic acids is 2. The molecule has 1 saturated heterocycles. The maximum atomic E-state index is 12.6. The molecule has 0 saturated carbocycles. The zero-order valence-electron chi connectivity index (χ0n) is 37.0. The lowest BCUT2D eigenvalue weighted by Crippen LogP contribution is -2.29. The number of carbonyl (C=O) groups is 2. The van der Waals surface area contributed by atoms with Gasteiger partial charge in [-0.1, -0.05) is 179 Å². The Bertz CT molecular complexity index is 1110. The summed E-state index contributed by atoms with van der Waals surface area (Å²) in [7, 11) is -4.39. The maximum absolute atomic E-state index is 12.6. The number of nitrogens with two attached hydrogens (primary N) is 1. The Hall–Kier alpha value is -1.81. The number of esters is 2. The summed E-state index contributed by atoms with van der Waals surface area (Å²) < 4.78 is 38.6. The number of hydrogen-bond acceptors (Lipinski definition) is 9. The molecule has 1 aliphatic rings. The molecule has 0 aromatic rings. The molecular formula is C47H86NO9P. The molecule has 0 bridgehead atoms. The van der Waals surface area contributed by atoms with Crippen molar-refractivity contribution in [3.05, 3.63) is 36.5 Å². The van der Waals surface area contributed by atoms with Gasteiger partial charge in [-0.2, -0.15) is 0 Å². The summed E-state index contributed by atoms with van der Waals surface area (Å²) in [5, 5.41) is 0. The first-order chi connectivity index (χ1) is 28.3. The van der Waals surface area contributed by atoms with Crippen molar-refractivity contribution in [3.63, 3.8) is 0 Å². The molecule has 1 heterocycles. The summed E-state index contributed by atoms with van der Waals surface area (Å²) >= 11 is 0. The van der Waals surface area contributed by atoms with Gasteiger partial charge in [-0.3, -0.25) is 18.6 Å². The molecule has 3 unspecified atom stereocenters. The fraction of sp³-hybridized carbons (Fsp3) is 0.830. The van der Waals surface area contributed by atoms with Gasteiger partial charge in [0.1, 0.15) is 6.61 Å². The molecule has 58 heavy (non-hydrogen) atoms. The van der Waals surface area contributed by atoms with Crippen LogP contribution < -0.4 is 5.73 Å². The number of hydrogen-bond donors (Lipinski definition) is 2. The van der Waals surface area contributed by atoms with Crippen molar-refractivity contribution in [2.24, 2.45) is 5.73 Å². The molecule has 0 amide bonds. The molecule has 1 rings (SSSR count). The van der Waals surface area contributed by atoms with Crippen LogP contribution in [-0.2, 0) is 37.4 Å². The lowest BCUT2D eigenvalue weighted by molar-refractivity contribution is -0.161. The van der Waals surface area contributed by atoms with E-state index in [1.54, 1.807) is 0 Å². The van der Waals surface area contributed by atoms with Crippen molar-refractivity contribution in [2.75, 3.05) is 26.4 Å². The topological polar surface area (TPSA) is 147 Å². The molecule has 10 nitrogen and oxygen atoms in total. The predicted octanol–water partition coefficient (Wildman–Crippen LogP) is 12.7. The van der Waals surface area contributed by atoms with Gasteiger partial charge < -0.3 is 24.8 Å². The van der Waals surface area contributed by atoms with E-state index in [9.17, 15) is 19.0 Å². The van der Waals surface area contributed by atoms with E-state index in [0.29, 0.717) is 25.0 Å². The summed E-state index contributed by atoms with van der Waals surface area (Å²) in [6.45, 7) is 3.65. The maximum Gasteiger partial charge on any atom is 0.472 e. The highest BCUT2D eigenvalue weighted by Crippen LogP contribution is 2.43. The third-order valence-electron chi connectivity index (χ3n) is 10.4. The van der Waals surface area contributed by atoms with Crippen molar-refractivity contribution in [3.8, 4) is 0 Å². The second kappa shape index (κ2) is 39.3. The molecule has 0 radical (unpaired) electrons. The van der Waals surface area contributed by atoms with Crippen LogP contribution in [-0.4, -0.2) is 61.5 Å². The van der Waals surface area contributed by atoms with Gasteiger partial charge in [0.2, 0.25) is 0 Å². The molecule has 11 heteroatoms. The Morgan fingerprint density at radius 1 is 0.603 bits per heavy atom. The average Bonchev–Trinajstić information content (AvgIpc) is 3.97. The average molecular weight is 840 g/mol. The normalized spacial score (nSPS) is 17.0. The monoisotopic (exact) mass is 840 g/mol. The third-order valence-corrected chi connectivity index (χ3v) is 11.4. The number of ether oxygens (including phenoxy) is 3. The fourth-order valence-electron chi connectivity index (χ4n) is 6.79. The molecule has 0 aromatic heterocycles. The van der Waals surface area contributed by atoms with Crippen molar-refractivity contribution in [2.45, 2.75) is 225 Å². The van der Waals surface area contributed by atoms with Crippen molar-refractivity contribution >= 4 is 19.8 Å². The quantitative estimate of drug-likeness (QED) is 0.0200. The fourth-order valence-corrected chi connectivity index (χ4v) is 7.55. The first-order valence-corrected chi connectivity index (χ1v) is 25.1. The molecule has 4 atom stereocenters. The minimum absolute atomic E-state index is 0.0447. The van der Waals surface area contributed by atoms with Crippen LogP contribution in [0.5, 0.6) is 0 Å². The number of rotatable bonds is 43. The highest BCUT2D eigenvalue weighted by Gasteiger charge is 2.36. The van der Waals surface area contributed by atoms with Crippen LogP contribution in [0.2, 0.25) is 0 Å². The largest absolute Gasteiger partial charge is 0.472 e. The number of unbranched alkanes of at least 4 members (excludes halogenated alkanes) is 22. The van der Waals surface area contributed by atoms with Gasteiger partial charge in [0.05, 0.1) is 25.4 Å². The number of phosphoric acid groups is 1. The van der Waals surface area contributed by atoms with Crippen LogP contribution in [0.3, 0.4) is 0 Å². The van der Waals surface area contributed by atoms with Gasteiger partial charge >= 0.3 is 19.8 Å². The zero-order valence-corrected chi connectivity index (χ0v) is 37.9. The van der Waals surface area contributed by atoms with E-state index in [4.69, 9.17) is 29.0 Å². The third kappa shape index (κ3) is 36.1. The summed E-state index contributed by atoms with van der Waals surface area (Å²) in [6.07, 6.45) is 46.4. The van der Waals surface area contributed by atoms with Crippen molar-refractivity contribution < 1.29 is 42.3 Å². The van der Waals surface area contributed by atoms with Crippen LogP contribution in [0.25, 0.3) is 0 Å². The molecule has 338 valence electrons. The van der Waals surface area contributed by atoms with Gasteiger partial charge in [0.15, 0.2) is 6.10 Å². The Labute approximate surface area is 354 Å². The Kier molecular flexibility index (Phi) is 36.8. The Morgan fingerprint density at radius 2 is 1.07 bits per heavy atom. The standard InChI is InChI=1S/C47H86NO9P/c1-3-5-7-9-11-12-13-14-15-16-17-18-19-20-21-22-25-30-34-38-47(50)56-43(42-55-58(51,52)54-40-39-48)41-53-46(49)37-33-29-26-23-24-28-32-36-45-44(57-45)35-31-27-10-8-6-4-2/h23,26-28,31-32,43-45H,3-22,24-25,29-30,33-42,48H2,1-2H3,(H,51,52)/b26-23-,31-27-,32-28-/t43-,44?,45?/m1/s1. The van der Waals surface area contributed by atoms with Crippen LogP contribution >= 0.6 is 7.82 Å². The lowest BCUT2D eigenvalue weighted by Gasteiger charge is -2.19. The van der Waals surface area contributed by atoms with Gasteiger partial charge in [0.25, 0.3) is 0 Å². The van der Waals surface area contributed by atoms with Crippen LogP contribution in [0, 0.1) is 0 Å². The second-order valence-corrected chi connectivity index (χ2v) is 17.5. The number of epoxide rings is 1. The Morgan fingerprint density at radius 3 is 1.64 bits per heavy atom. The summed E-state index contributed by atoms with van der Waals surface area (Å²) in [5.74, 6) is -0.893. The predicted molar refractivity (Wildman–Crippen MR) is 238 cm³/mol. The van der Waals surface area contributed by atoms with E-state index >= 15 is 0 Å². The van der Waals surface area contributed by atoms with E-state index in [0.717, 1.165) is 51.4 Å². The highest BCUT2D eigenvalue weighted by atomic mass is 31.2. The molecule has 1 fully saturated rings. The highest BCUT2D eigenvalue weighted by molar-refractivity contribution is 7.47.